The molecule has 38 heavy (non-hydrogen) atoms. The predicted molar refractivity (Wildman–Crippen MR) is 147 cm³/mol. The number of nitrogens with one attached hydrogen (secondary N) is 1. The van der Waals surface area contributed by atoms with E-state index in [0.717, 1.165) is 24.0 Å². The monoisotopic (exact) mass is 523 g/mol. The Morgan fingerprint density at radius 2 is 1.76 bits per heavy atom. The van der Waals surface area contributed by atoms with Crippen molar-refractivity contribution in [2.24, 2.45) is 5.41 Å². The number of rotatable bonds is 12. The molecular weight excluding hydrogens is 482 g/mol. The molecule has 0 aromatic heterocycles. The van der Waals surface area contributed by atoms with E-state index in [4.69, 9.17) is 4.74 Å². The zero-order valence-corrected chi connectivity index (χ0v) is 23.4. The maximum Gasteiger partial charge on any atom is 0.335 e. The molecule has 0 unspecified atom stereocenters. The summed E-state index contributed by atoms with van der Waals surface area (Å²) in [6.45, 7) is 8.60. The summed E-state index contributed by atoms with van der Waals surface area (Å²) < 4.78 is 6.34. The standard InChI is InChI=1S/C30H41N3O5/c1-7-10-25(21-13-11-20(4)12-14-21)31-29(37)33-27(36)30(8-2,9-3)28(33)38-23-15-16-24(26(34)35)22(19-23)17-18-32(5)6/h11-16,19,25,28H,7-10,17-18H2,1-6H3,(H,31,37)(H,34,35)/t25-,28-/m0/s1. The van der Waals surface area contributed by atoms with Gasteiger partial charge < -0.3 is 20.1 Å². The van der Waals surface area contributed by atoms with Crippen molar-refractivity contribution in [3.63, 3.8) is 0 Å². The first-order valence-corrected chi connectivity index (χ1v) is 13.5. The SMILES string of the molecule is CCC[C@H](NC(=O)N1C(=O)C(CC)(CC)[C@@H]1Oc1ccc(C(=O)O)c(CCN(C)C)c1)c1ccc(C)cc1. The van der Waals surface area contributed by atoms with Gasteiger partial charge in [0, 0.05) is 6.54 Å². The van der Waals surface area contributed by atoms with Gasteiger partial charge in [-0.25, -0.2) is 14.5 Å². The van der Waals surface area contributed by atoms with E-state index < -0.39 is 23.6 Å². The number of aryl methyl sites for hydroxylation is 1. The quantitative estimate of drug-likeness (QED) is 0.361. The van der Waals surface area contributed by atoms with Crippen molar-refractivity contribution in [2.45, 2.75) is 72.1 Å². The van der Waals surface area contributed by atoms with Gasteiger partial charge in [0.25, 0.3) is 0 Å². The number of aromatic carboxylic acids is 1. The molecule has 0 spiro atoms. The van der Waals surface area contributed by atoms with Gasteiger partial charge >= 0.3 is 12.0 Å². The second kappa shape index (κ2) is 12.4. The first-order valence-electron chi connectivity index (χ1n) is 13.5. The van der Waals surface area contributed by atoms with Crippen LogP contribution in [0.1, 0.15) is 79.5 Å². The number of benzene rings is 2. The molecule has 3 amide bonds. The van der Waals surface area contributed by atoms with Gasteiger partial charge in [0.05, 0.1) is 11.6 Å². The lowest BCUT2D eigenvalue weighted by molar-refractivity contribution is -0.191. The molecule has 1 saturated heterocycles. The van der Waals surface area contributed by atoms with E-state index in [1.165, 1.54) is 11.0 Å². The van der Waals surface area contributed by atoms with E-state index in [-0.39, 0.29) is 17.5 Å². The fraction of sp³-hybridized carbons (Fsp3) is 0.500. The summed E-state index contributed by atoms with van der Waals surface area (Å²) in [6.07, 6.45) is 2.39. The van der Waals surface area contributed by atoms with Gasteiger partial charge in [0.2, 0.25) is 5.91 Å². The van der Waals surface area contributed by atoms with Gasteiger partial charge in [0.15, 0.2) is 6.23 Å². The zero-order chi connectivity index (χ0) is 28.0. The van der Waals surface area contributed by atoms with Gasteiger partial charge in [-0.05, 0) is 76.0 Å². The minimum atomic E-state index is -1.00. The highest BCUT2D eigenvalue weighted by atomic mass is 16.5. The minimum absolute atomic E-state index is 0.219. The Morgan fingerprint density at radius 3 is 2.32 bits per heavy atom. The number of hydrogen-bond donors (Lipinski definition) is 2. The average Bonchev–Trinajstić information content (AvgIpc) is 2.88. The summed E-state index contributed by atoms with van der Waals surface area (Å²) in [5.41, 5.74) is 2.17. The number of likely N-dealkylation sites (tertiary alicyclic amines) is 1. The summed E-state index contributed by atoms with van der Waals surface area (Å²) in [5, 5.41) is 12.7. The highest BCUT2D eigenvalue weighted by Gasteiger charge is 2.63. The molecule has 0 aliphatic carbocycles. The van der Waals surface area contributed by atoms with Crippen LogP contribution in [0.4, 0.5) is 4.79 Å². The number of hydrogen-bond acceptors (Lipinski definition) is 5. The molecule has 0 bridgehead atoms. The van der Waals surface area contributed by atoms with E-state index >= 15 is 0 Å². The second-order valence-corrected chi connectivity index (χ2v) is 10.4. The van der Waals surface area contributed by atoms with Crippen LogP contribution in [0.3, 0.4) is 0 Å². The molecule has 8 nitrogen and oxygen atoms in total. The fourth-order valence-electron chi connectivity index (χ4n) is 5.06. The van der Waals surface area contributed by atoms with Gasteiger partial charge in [-0.2, -0.15) is 0 Å². The smallest absolute Gasteiger partial charge is 0.335 e. The Balaban J connectivity index is 1.89. The molecule has 1 heterocycles. The van der Waals surface area contributed by atoms with Crippen LogP contribution in [0, 0.1) is 12.3 Å². The van der Waals surface area contributed by atoms with Crippen LogP contribution in [-0.4, -0.2) is 59.7 Å². The molecule has 1 aliphatic heterocycles. The summed E-state index contributed by atoms with van der Waals surface area (Å²) in [4.78, 5) is 41.8. The van der Waals surface area contributed by atoms with Crippen LogP contribution in [0.5, 0.6) is 5.75 Å². The third-order valence-corrected chi connectivity index (χ3v) is 7.57. The normalized spacial score (nSPS) is 17.2. The molecule has 2 aromatic carbocycles. The van der Waals surface area contributed by atoms with Crippen LogP contribution >= 0.6 is 0 Å². The first kappa shape index (κ1) is 29.2. The topological polar surface area (TPSA) is 99.2 Å². The first-order chi connectivity index (χ1) is 18.1. The molecule has 2 N–H and O–H groups in total. The van der Waals surface area contributed by atoms with Crippen molar-refractivity contribution in [3.8, 4) is 5.75 Å². The number of nitrogens with zero attached hydrogens (tertiary/aromatic N) is 2. The van der Waals surface area contributed by atoms with E-state index in [1.54, 1.807) is 12.1 Å². The summed E-state index contributed by atoms with van der Waals surface area (Å²) >= 11 is 0. The number of carbonyl (C=O) groups excluding carboxylic acids is 2. The van der Waals surface area contributed by atoms with Crippen LogP contribution in [0.2, 0.25) is 0 Å². The number of carbonyl (C=O) groups is 3. The molecule has 206 valence electrons. The lowest BCUT2D eigenvalue weighted by atomic mass is 9.72. The average molecular weight is 524 g/mol. The number of carboxylic acid groups (broad SMARTS) is 1. The molecule has 8 heteroatoms. The van der Waals surface area contributed by atoms with Crippen LogP contribution in [0.15, 0.2) is 42.5 Å². The molecule has 1 aliphatic rings. The number of β-lactam (4-membered cyclic amide) rings is 1. The van der Waals surface area contributed by atoms with Crippen molar-refractivity contribution in [1.29, 1.82) is 0 Å². The molecular formula is C30H41N3O5. The Morgan fingerprint density at radius 1 is 1.11 bits per heavy atom. The second-order valence-electron chi connectivity index (χ2n) is 10.4. The highest BCUT2D eigenvalue weighted by Crippen LogP contribution is 2.46. The van der Waals surface area contributed by atoms with Crippen molar-refractivity contribution in [1.82, 2.24) is 15.1 Å². The Labute approximate surface area is 226 Å². The Hall–Kier alpha value is -3.39. The predicted octanol–water partition coefficient (Wildman–Crippen LogP) is 5.40. The van der Waals surface area contributed by atoms with Crippen molar-refractivity contribution >= 4 is 17.9 Å². The number of likely N-dealkylation sites (N-methyl/N-ethyl adjacent to an activating group) is 1. The number of carboxylic acids is 1. The van der Waals surface area contributed by atoms with Crippen molar-refractivity contribution < 1.29 is 24.2 Å². The van der Waals surface area contributed by atoms with Crippen molar-refractivity contribution in [2.75, 3.05) is 20.6 Å². The van der Waals surface area contributed by atoms with Gasteiger partial charge in [-0.15, -0.1) is 0 Å². The Kier molecular flexibility index (Phi) is 9.55. The fourth-order valence-corrected chi connectivity index (χ4v) is 5.06. The van der Waals surface area contributed by atoms with Crippen LogP contribution < -0.4 is 10.1 Å². The van der Waals surface area contributed by atoms with Crippen LogP contribution in [0.25, 0.3) is 0 Å². The van der Waals surface area contributed by atoms with E-state index in [1.807, 2.05) is 64.0 Å². The number of amides is 3. The number of imide groups is 1. The molecule has 1 fully saturated rings. The zero-order valence-electron chi connectivity index (χ0n) is 23.4. The lowest BCUT2D eigenvalue weighted by Gasteiger charge is -2.53. The van der Waals surface area contributed by atoms with Gasteiger partial charge in [-0.1, -0.05) is 57.0 Å². The third-order valence-electron chi connectivity index (χ3n) is 7.57. The molecule has 0 saturated carbocycles. The largest absolute Gasteiger partial charge is 0.478 e. The molecule has 0 radical (unpaired) electrons. The highest BCUT2D eigenvalue weighted by molar-refractivity contribution is 6.03. The summed E-state index contributed by atoms with van der Waals surface area (Å²) in [7, 11) is 3.85. The Bertz CT molecular complexity index is 1140. The van der Waals surface area contributed by atoms with Gasteiger partial charge in [-0.3, -0.25) is 4.79 Å². The molecule has 2 aromatic rings. The maximum atomic E-state index is 13.5. The van der Waals surface area contributed by atoms with Crippen molar-refractivity contribution in [3.05, 3.63) is 64.7 Å². The third kappa shape index (κ3) is 6.01. The minimum Gasteiger partial charge on any atom is -0.478 e. The summed E-state index contributed by atoms with van der Waals surface area (Å²) in [5.74, 6) is -0.812. The van der Waals surface area contributed by atoms with Gasteiger partial charge in [0.1, 0.15) is 11.2 Å². The maximum absolute atomic E-state index is 13.5. The van der Waals surface area contributed by atoms with E-state index in [2.05, 4.69) is 12.2 Å². The lowest BCUT2D eigenvalue weighted by Crippen LogP contribution is -2.73. The molecule has 2 atom stereocenters. The molecule has 3 rings (SSSR count). The number of ether oxygens (including phenoxy) is 1. The number of urea groups is 1. The van der Waals surface area contributed by atoms with E-state index in [9.17, 15) is 19.5 Å². The van der Waals surface area contributed by atoms with E-state index in [0.29, 0.717) is 37.1 Å². The summed E-state index contributed by atoms with van der Waals surface area (Å²) in [6, 6.07) is 12.2. The van der Waals surface area contributed by atoms with Crippen LogP contribution in [-0.2, 0) is 11.2 Å².